The standard InChI is InChI=1S/C13H25NOS/c1-13(10-15-2)9-12(3-6-14-13)11-4-7-16-8-5-11/h11-12,14H,3-10H2,1-2H3. The third-order valence-electron chi connectivity index (χ3n) is 4.18. The molecule has 0 radical (unpaired) electrons. The molecule has 2 saturated heterocycles. The van der Waals surface area contributed by atoms with Gasteiger partial charge >= 0.3 is 0 Å². The lowest BCUT2D eigenvalue weighted by molar-refractivity contribution is 0.0669. The van der Waals surface area contributed by atoms with Crippen molar-refractivity contribution in [3.63, 3.8) is 0 Å². The third-order valence-corrected chi connectivity index (χ3v) is 5.22. The van der Waals surface area contributed by atoms with Crippen LogP contribution in [0.4, 0.5) is 0 Å². The maximum atomic E-state index is 5.35. The summed E-state index contributed by atoms with van der Waals surface area (Å²) >= 11 is 2.13. The smallest absolute Gasteiger partial charge is 0.0641 e. The first-order chi connectivity index (χ1) is 7.73. The van der Waals surface area contributed by atoms with E-state index >= 15 is 0 Å². The molecule has 0 aromatic heterocycles. The van der Waals surface area contributed by atoms with Crippen LogP contribution in [0.2, 0.25) is 0 Å². The fraction of sp³-hybridized carbons (Fsp3) is 1.00. The van der Waals surface area contributed by atoms with Crippen LogP contribution >= 0.6 is 11.8 Å². The maximum absolute atomic E-state index is 5.35. The summed E-state index contributed by atoms with van der Waals surface area (Å²) in [7, 11) is 1.81. The molecular formula is C13H25NOS. The summed E-state index contributed by atoms with van der Waals surface area (Å²) in [4.78, 5) is 0. The summed E-state index contributed by atoms with van der Waals surface area (Å²) in [6.07, 6.45) is 5.56. The number of hydrogen-bond acceptors (Lipinski definition) is 3. The van der Waals surface area contributed by atoms with E-state index in [0.717, 1.165) is 18.4 Å². The van der Waals surface area contributed by atoms with Gasteiger partial charge in [0.2, 0.25) is 0 Å². The lowest BCUT2D eigenvalue weighted by Crippen LogP contribution is -2.53. The molecule has 0 amide bonds. The highest BCUT2D eigenvalue weighted by atomic mass is 32.2. The molecule has 0 aromatic rings. The largest absolute Gasteiger partial charge is 0.383 e. The van der Waals surface area contributed by atoms with E-state index in [2.05, 4.69) is 24.0 Å². The number of methoxy groups -OCH3 is 1. The lowest BCUT2D eigenvalue weighted by atomic mass is 9.75. The van der Waals surface area contributed by atoms with Gasteiger partial charge in [-0.1, -0.05) is 0 Å². The van der Waals surface area contributed by atoms with Crippen LogP contribution in [0.1, 0.15) is 32.6 Å². The van der Waals surface area contributed by atoms with Crippen molar-refractivity contribution in [2.45, 2.75) is 38.1 Å². The average molecular weight is 243 g/mol. The average Bonchev–Trinajstić information content (AvgIpc) is 2.30. The third kappa shape index (κ3) is 3.14. The Morgan fingerprint density at radius 1 is 1.25 bits per heavy atom. The first-order valence-electron chi connectivity index (χ1n) is 6.55. The highest BCUT2D eigenvalue weighted by Crippen LogP contribution is 2.37. The van der Waals surface area contributed by atoms with Gasteiger partial charge in [-0.2, -0.15) is 11.8 Å². The van der Waals surface area contributed by atoms with E-state index < -0.39 is 0 Å². The Bertz CT molecular complexity index is 214. The van der Waals surface area contributed by atoms with Crippen LogP contribution < -0.4 is 5.32 Å². The molecule has 0 bridgehead atoms. The van der Waals surface area contributed by atoms with Crippen molar-refractivity contribution in [1.29, 1.82) is 0 Å². The Morgan fingerprint density at radius 3 is 2.69 bits per heavy atom. The summed E-state index contributed by atoms with van der Waals surface area (Å²) in [5.74, 6) is 4.69. The molecule has 1 N–H and O–H groups in total. The van der Waals surface area contributed by atoms with E-state index in [1.165, 1.54) is 43.7 Å². The van der Waals surface area contributed by atoms with Crippen molar-refractivity contribution < 1.29 is 4.74 Å². The van der Waals surface area contributed by atoms with E-state index in [-0.39, 0.29) is 5.54 Å². The van der Waals surface area contributed by atoms with Crippen LogP contribution in [0, 0.1) is 11.8 Å². The van der Waals surface area contributed by atoms with E-state index in [1.54, 1.807) is 0 Å². The summed E-state index contributed by atoms with van der Waals surface area (Å²) in [5.41, 5.74) is 0.224. The summed E-state index contributed by atoms with van der Waals surface area (Å²) < 4.78 is 5.35. The molecule has 94 valence electrons. The monoisotopic (exact) mass is 243 g/mol. The molecule has 0 saturated carbocycles. The van der Waals surface area contributed by atoms with Crippen molar-refractivity contribution in [2.24, 2.45) is 11.8 Å². The van der Waals surface area contributed by atoms with Crippen LogP contribution in [-0.2, 0) is 4.74 Å². The first-order valence-corrected chi connectivity index (χ1v) is 7.71. The van der Waals surface area contributed by atoms with Gasteiger partial charge in [-0.25, -0.2) is 0 Å². The predicted molar refractivity (Wildman–Crippen MR) is 71.1 cm³/mol. The molecule has 16 heavy (non-hydrogen) atoms. The quantitative estimate of drug-likeness (QED) is 0.823. The Kier molecular flexibility index (Phi) is 4.57. The van der Waals surface area contributed by atoms with Crippen LogP contribution in [-0.4, -0.2) is 37.3 Å². The van der Waals surface area contributed by atoms with Gasteiger partial charge in [-0.05, 0) is 62.5 Å². The molecule has 2 nitrogen and oxygen atoms in total. The Morgan fingerprint density at radius 2 is 2.00 bits per heavy atom. The Labute approximate surface area is 104 Å². The van der Waals surface area contributed by atoms with E-state index in [9.17, 15) is 0 Å². The van der Waals surface area contributed by atoms with Crippen LogP contribution in [0.25, 0.3) is 0 Å². The summed E-state index contributed by atoms with van der Waals surface area (Å²) in [6.45, 7) is 4.35. The fourth-order valence-electron chi connectivity index (χ4n) is 3.33. The highest BCUT2D eigenvalue weighted by molar-refractivity contribution is 7.99. The van der Waals surface area contributed by atoms with Gasteiger partial charge in [0.1, 0.15) is 0 Å². The normalized spacial score (nSPS) is 37.5. The van der Waals surface area contributed by atoms with Gasteiger partial charge < -0.3 is 10.1 Å². The van der Waals surface area contributed by atoms with E-state index in [4.69, 9.17) is 4.74 Å². The second-order valence-electron chi connectivity index (χ2n) is 5.62. The zero-order valence-corrected chi connectivity index (χ0v) is 11.4. The second-order valence-corrected chi connectivity index (χ2v) is 6.85. The Balaban J connectivity index is 1.90. The zero-order valence-electron chi connectivity index (χ0n) is 10.6. The number of ether oxygens (including phenoxy) is 1. The molecular weight excluding hydrogens is 218 g/mol. The van der Waals surface area contributed by atoms with Gasteiger partial charge in [0.15, 0.2) is 0 Å². The van der Waals surface area contributed by atoms with Crippen molar-refractivity contribution in [2.75, 3.05) is 31.8 Å². The molecule has 2 atom stereocenters. The minimum atomic E-state index is 0.224. The van der Waals surface area contributed by atoms with Gasteiger partial charge in [0.05, 0.1) is 6.61 Å². The van der Waals surface area contributed by atoms with Crippen LogP contribution in [0.3, 0.4) is 0 Å². The number of piperidine rings is 1. The number of nitrogens with one attached hydrogen (secondary N) is 1. The molecule has 2 aliphatic heterocycles. The SMILES string of the molecule is COCC1(C)CC(C2CCSCC2)CCN1. The minimum Gasteiger partial charge on any atom is -0.383 e. The van der Waals surface area contributed by atoms with Gasteiger partial charge in [0, 0.05) is 12.6 Å². The molecule has 3 heteroatoms. The summed E-state index contributed by atoms with van der Waals surface area (Å²) in [6, 6.07) is 0. The van der Waals surface area contributed by atoms with Crippen molar-refractivity contribution >= 4 is 11.8 Å². The molecule has 0 spiro atoms. The number of rotatable bonds is 3. The van der Waals surface area contributed by atoms with Gasteiger partial charge in [0.25, 0.3) is 0 Å². The van der Waals surface area contributed by atoms with E-state index in [0.29, 0.717) is 0 Å². The molecule has 2 heterocycles. The van der Waals surface area contributed by atoms with Crippen molar-refractivity contribution in [3.05, 3.63) is 0 Å². The molecule has 0 aliphatic carbocycles. The minimum absolute atomic E-state index is 0.224. The van der Waals surface area contributed by atoms with Gasteiger partial charge in [-0.15, -0.1) is 0 Å². The molecule has 0 aromatic carbocycles. The molecule has 2 aliphatic rings. The maximum Gasteiger partial charge on any atom is 0.0641 e. The number of hydrogen-bond donors (Lipinski definition) is 1. The second kappa shape index (κ2) is 5.74. The molecule has 2 fully saturated rings. The van der Waals surface area contributed by atoms with Crippen molar-refractivity contribution in [1.82, 2.24) is 5.32 Å². The fourth-order valence-corrected chi connectivity index (χ4v) is 4.47. The lowest BCUT2D eigenvalue weighted by Gasteiger charge is -2.42. The van der Waals surface area contributed by atoms with E-state index in [1.807, 2.05) is 7.11 Å². The molecule has 2 unspecified atom stereocenters. The van der Waals surface area contributed by atoms with Crippen LogP contribution in [0.15, 0.2) is 0 Å². The zero-order chi connectivity index (χ0) is 11.4. The first kappa shape index (κ1) is 12.7. The predicted octanol–water partition coefficient (Wildman–Crippen LogP) is 2.53. The topological polar surface area (TPSA) is 21.3 Å². The highest BCUT2D eigenvalue weighted by Gasteiger charge is 2.35. The van der Waals surface area contributed by atoms with Gasteiger partial charge in [-0.3, -0.25) is 0 Å². The Hall–Kier alpha value is 0.270. The molecule has 2 rings (SSSR count). The van der Waals surface area contributed by atoms with Crippen LogP contribution in [0.5, 0.6) is 0 Å². The van der Waals surface area contributed by atoms with Crippen molar-refractivity contribution in [3.8, 4) is 0 Å². The number of thioether (sulfide) groups is 1. The summed E-state index contributed by atoms with van der Waals surface area (Å²) in [5, 5.41) is 3.64.